The number of nitrogens with one attached hydrogen (secondary N) is 1. The minimum absolute atomic E-state index is 0.316. The summed E-state index contributed by atoms with van der Waals surface area (Å²) in [6.07, 6.45) is 0. The van der Waals surface area contributed by atoms with Crippen molar-refractivity contribution in [2.24, 2.45) is 0 Å². The van der Waals surface area contributed by atoms with Crippen molar-refractivity contribution < 1.29 is 14.3 Å². The van der Waals surface area contributed by atoms with Gasteiger partial charge in [-0.05, 0) is 43.7 Å². The molecule has 0 unspecified atom stereocenters. The number of thiazole rings is 1. The zero-order valence-corrected chi connectivity index (χ0v) is 20.3. The molecule has 33 heavy (non-hydrogen) atoms. The highest BCUT2D eigenvalue weighted by molar-refractivity contribution is 7.19. The number of ether oxygens (including phenoxy) is 2. The van der Waals surface area contributed by atoms with Crippen LogP contribution in [-0.2, 0) is 11.3 Å². The average molecular weight is 465 g/mol. The molecule has 0 aliphatic heterocycles. The number of rotatable bonds is 8. The topological polar surface area (TPSA) is 68.1 Å². The Labute approximate surface area is 197 Å². The number of esters is 1. The van der Waals surface area contributed by atoms with E-state index in [1.807, 2.05) is 56.6 Å². The molecule has 0 amide bonds. The molecule has 8 heteroatoms. The third kappa shape index (κ3) is 4.52. The third-order valence-corrected chi connectivity index (χ3v) is 6.56. The number of nitrogens with zero attached hydrogens (tertiary/aromatic N) is 3. The molecule has 0 aliphatic carbocycles. The second kappa shape index (κ2) is 9.54. The van der Waals surface area contributed by atoms with Gasteiger partial charge in [0, 0.05) is 37.6 Å². The van der Waals surface area contributed by atoms with Crippen molar-refractivity contribution in [1.29, 1.82) is 0 Å². The summed E-state index contributed by atoms with van der Waals surface area (Å²) in [6.45, 7) is 4.67. The van der Waals surface area contributed by atoms with E-state index in [1.54, 1.807) is 7.11 Å². The maximum Gasteiger partial charge on any atom is 0.350 e. The standard InChI is InChI=1S/C25H28N4O3S/c1-6-32-24(30)22-16(2)29-23(26-15-17-7-13-20(31-5)14-8-17)21(27-25(29)33-22)18-9-11-19(12-10-18)28(3)4/h7-14,26H,6,15H2,1-5H3. The molecule has 0 radical (unpaired) electrons. The van der Waals surface area contributed by atoms with E-state index < -0.39 is 0 Å². The van der Waals surface area contributed by atoms with Crippen LogP contribution in [0.3, 0.4) is 0 Å². The van der Waals surface area contributed by atoms with Crippen molar-refractivity contribution in [2.45, 2.75) is 20.4 Å². The van der Waals surface area contributed by atoms with Gasteiger partial charge in [-0.3, -0.25) is 4.40 Å². The van der Waals surface area contributed by atoms with Gasteiger partial charge in [0.1, 0.15) is 22.1 Å². The van der Waals surface area contributed by atoms with Gasteiger partial charge in [-0.25, -0.2) is 9.78 Å². The molecule has 0 bridgehead atoms. The predicted molar refractivity (Wildman–Crippen MR) is 134 cm³/mol. The molecule has 0 saturated heterocycles. The molecule has 0 fully saturated rings. The first-order chi connectivity index (χ1) is 15.9. The van der Waals surface area contributed by atoms with Crippen LogP contribution in [-0.4, -0.2) is 43.2 Å². The van der Waals surface area contributed by atoms with Crippen molar-refractivity contribution in [3.8, 4) is 17.0 Å². The minimum Gasteiger partial charge on any atom is -0.497 e. The summed E-state index contributed by atoms with van der Waals surface area (Å²) in [5, 5.41) is 3.55. The first-order valence-electron chi connectivity index (χ1n) is 10.8. The van der Waals surface area contributed by atoms with E-state index in [-0.39, 0.29) is 5.97 Å². The summed E-state index contributed by atoms with van der Waals surface area (Å²) in [5.74, 6) is 1.35. The number of carbonyl (C=O) groups is 1. The van der Waals surface area contributed by atoms with Crippen molar-refractivity contribution in [1.82, 2.24) is 9.38 Å². The Balaban J connectivity index is 1.76. The molecule has 172 valence electrons. The van der Waals surface area contributed by atoms with E-state index in [2.05, 4.69) is 34.5 Å². The normalized spacial score (nSPS) is 10.9. The average Bonchev–Trinajstić information content (AvgIpc) is 3.35. The Morgan fingerprint density at radius 3 is 2.42 bits per heavy atom. The maximum absolute atomic E-state index is 12.5. The first kappa shape index (κ1) is 22.7. The smallest absolute Gasteiger partial charge is 0.350 e. The third-order valence-electron chi connectivity index (χ3n) is 5.44. The van der Waals surface area contributed by atoms with E-state index in [1.165, 1.54) is 11.3 Å². The van der Waals surface area contributed by atoms with Crippen molar-refractivity contribution in [2.75, 3.05) is 38.0 Å². The van der Waals surface area contributed by atoms with Gasteiger partial charge < -0.3 is 19.7 Å². The van der Waals surface area contributed by atoms with Crippen molar-refractivity contribution >= 4 is 33.8 Å². The van der Waals surface area contributed by atoms with Crippen molar-refractivity contribution in [3.05, 3.63) is 64.7 Å². The lowest BCUT2D eigenvalue weighted by molar-refractivity contribution is 0.0531. The van der Waals surface area contributed by atoms with E-state index in [0.717, 1.165) is 44.7 Å². The van der Waals surface area contributed by atoms with Crippen molar-refractivity contribution in [3.63, 3.8) is 0 Å². The van der Waals surface area contributed by atoms with Gasteiger partial charge in [0.25, 0.3) is 0 Å². The van der Waals surface area contributed by atoms with E-state index in [0.29, 0.717) is 18.0 Å². The number of hydrogen-bond donors (Lipinski definition) is 1. The Morgan fingerprint density at radius 1 is 1.12 bits per heavy atom. The first-order valence-corrected chi connectivity index (χ1v) is 11.6. The molecule has 0 atom stereocenters. The van der Waals surface area contributed by atoms with E-state index in [9.17, 15) is 4.79 Å². The number of aryl methyl sites for hydroxylation is 1. The SMILES string of the molecule is CCOC(=O)c1sc2nc(-c3ccc(N(C)C)cc3)c(NCc3ccc(OC)cc3)n2c1C. The van der Waals surface area contributed by atoms with Crippen LogP contribution in [0, 0.1) is 6.92 Å². The van der Waals surface area contributed by atoms with Gasteiger partial charge in [0.15, 0.2) is 4.96 Å². The van der Waals surface area contributed by atoms with Crippen LogP contribution in [0.25, 0.3) is 16.2 Å². The number of anilines is 2. The number of carbonyl (C=O) groups excluding carboxylic acids is 1. The molecular weight excluding hydrogens is 436 g/mol. The van der Waals surface area contributed by atoms with E-state index in [4.69, 9.17) is 14.5 Å². The van der Waals surface area contributed by atoms with Gasteiger partial charge in [0.05, 0.1) is 13.7 Å². The van der Waals surface area contributed by atoms with Crippen LogP contribution in [0.4, 0.5) is 11.5 Å². The number of methoxy groups -OCH3 is 1. The van der Waals surface area contributed by atoms with Gasteiger partial charge in [-0.15, -0.1) is 0 Å². The highest BCUT2D eigenvalue weighted by Crippen LogP contribution is 2.35. The van der Waals surface area contributed by atoms with Gasteiger partial charge in [-0.2, -0.15) is 0 Å². The Hall–Kier alpha value is -3.52. The fraction of sp³-hybridized carbons (Fsp3) is 0.280. The summed E-state index contributed by atoms with van der Waals surface area (Å²) < 4.78 is 12.5. The molecule has 7 nitrogen and oxygen atoms in total. The van der Waals surface area contributed by atoms with Gasteiger partial charge in [0.2, 0.25) is 0 Å². The number of fused-ring (bicyclic) bond motifs is 1. The Morgan fingerprint density at radius 2 is 1.82 bits per heavy atom. The number of aromatic nitrogens is 2. The minimum atomic E-state index is -0.316. The lowest BCUT2D eigenvalue weighted by Crippen LogP contribution is -2.08. The van der Waals surface area contributed by atoms with Crippen LogP contribution in [0.15, 0.2) is 48.5 Å². The summed E-state index contributed by atoms with van der Waals surface area (Å²) in [4.78, 5) is 20.7. The quantitative estimate of drug-likeness (QED) is 0.360. The molecule has 0 aliphatic rings. The van der Waals surface area contributed by atoms with Crippen LogP contribution < -0.4 is 15.0 Å². The highest BCUT2D eigenvalue weighted by Gasteiger charge is 2.23. The number of imidazole rings is 1. The fourth-order valence-electron chi connectivity index (χ4n) is 3.64. The monoisotopic (exact) mass is 464 g/mol. The Bertz CT molecular complexity index is 1260. The van der Waals surface area contributed by atoms with Crippen LogP contribution >= 0.6 is 11.3 Å². The number of hydrogen-bond acceptors (Lipinski definition) is 7. The van der Waals surface area contributed by atoms with Gasteiger partial charge >= 0.3 is 5.97 Å². The maximum atomic E-state index is 12.5. The zero-order valence-electron chi connectivity index (χ0n) is 19.5. The largest absolute Gasteiger partial charge is 0.497 e. The predicted octanol–water partition coefficient (Wildman–Crippen LogP) is 5.23. The summed E-state index contributed by atoms with van der Waals surface area (Å²) in [7, 11) is 5.69. The van der Waals surface area contributed by atoms with Crippen LogP contribution in [0.2, 0.25) is 0 Å². The lowest BCUT2D eigenvalue weighted by atomic mass is 10.1. The summed E-state index contributed by atoms with van der Waals surface area (Å²) >= 11 is 1.35. The summed E-state index contributed by atoms with van der Waals surface area (Å²) in [5.41, 5.74) is 4.89. The summed E-state index contributed by atoms with van der Waals surface area (Å²) in [6, 6.07) is 16.2. The number of benzene rings is 2. The lowest BCUT2D eigenvalue weighted by Gasteiger charge is -2.13. The fourth-order valence-corrected chi connectivity index (χ4v) is 4.66. The zero-order chi connectivity index (χ0) is 23.5. The van der Waals surface area contributed by atoms with E-state index >= 15 is 0 Å². The van der Waals surface area contributed by atoms with Crippen LogP contribution in [0.5, 0.6) is 5.75 Å². The second-order valence-corrected chi connectivity index (χ2v) is 8.78. The molecular formula is C25H28N4O3S. The molecule has 4 aromatic rings. The molecule has 2 heterocycles. The molecule has 0 spiro atoms. The van der Waals surface area contributed by atoms with Gasteiger partial charge in [-0.1, -0.05) is 35.6 Å². The molecule has 0 saturated carbocycles. The molecule has 2 aromatic carbocycles. The van der Waals surface area contributed by atoms with Crippen LogP contribution in [0.1, 0.15) is 27.9 Å². The molecule has 2 aromatic heterocycles. The molecule has 1 N–H and O–H groups in total. The highest BCUT2D eigenvalue weighted by atomic mass is 32.1. The Kier molecular flexibility index (Phi) is 6.55. The molecule has 4 rings (SSSR count). The second-order valence-electron chi connectivity index (χ2n) is 7.81.